The number of alkyl halides is 2. The van der Waals surface area contributed by atoms with Crippen molar-refractivity contribution in [3.63, 3.8) is 0 Å². The van der Waals surface area contributed by atoms with Crippen molar-refractivity contribution in [2.45, 2.75) is 30.7 Å². The number of hydrogen-bond donors (Lipinski definition) is 2. The van der Waals surface area contributed by atoms with Gasteiger partial charge < -0.3 is 10.4 Å². The second-order valence-corrected chi connectivity index (χ2v) is 3.93. The van der Waals surface area contributed by atoms with Gasteiger partial charge >= 0.3 is 5.97 Å². The average Bonchev–Trinajstić information content (AvgIpc) is 2.42. The van der Waals surface area contributed by atoms with Crippen molar-refractivity contribution in [3.8, 4) is 0 Å². The van der Waals surface area contributed by atoms with Gasteiger partial charge in [0.1, 0.15) is 5.54 Å². The van der Waals surface area contributed by atoms with E-state index in [0.29, 0.717) is 0 Å². The van der Waals surface area contributed by atoms with Crippen LogP contribution in [0, 0.1) is 5.92 Å². The fourth-order valence-electron chi connectivity index (χ4n) is 2.23. The first kappa shape index (κ1) is 8.87. The Morgan fingerprint density at radius 1 is 1.46 bits per heavy atom. The highest BCUT2D eigenvalue weighted by Gasteiger charge is 2.58. The topological polar surface area (TPSA) is 49.3 Å². The van der Waals surface area contributed by atoms with Crippen molar-refractivity contribution in [2.75, 3.05) is 6.54 Å². The Hall–Kier alpha value is -0.710. The third-order valence-electron chi connectivity index (χ3n) is 3.17. The van der Waals surface area contributed by atoms with Crippen LogP contribution in [0.3, 0.4) is 0 Å². The summed E-state index contributed by atoms with van der Waals surface area (Å²) in [7, 11) is 0. The normalized spacial score (nSPS) is 41.8. The second kappa shape index (κ2) is 2.41. The van der Waals surface area contributed by atoms with Crippen LogP contribution >= 0.6 is 0 Å². The smallest absolute Gasteiger partial charge is 0.323 e. The molecule has 0 spiro atoms. The number of halogens is 2. The Morgan fingerprint density at radius 2 is 2.15 bits per heavy atom. The molecule has 13 heavy (non-hydrogen) atoms. The van der Waals surface area contributed by atoms with Gasteiger partial charge in [-0.1, -0.05) is 0 Å². The molecule has 2 rings (SSSR count). The monoisotopic (exact) mass is 191 g/mol. The van der Waals surface area contributed by atoms with Crippen LogP contribution in [0.1, 0.15) is 19.3 Å². The van der Waals surface area contributed by atoms with Gasteiger partial charge in [-0.2, -0.15) is 0 Å². The van der Waals surface area contributed by atoms with Crippen LogP contribution in [0.15, 0.2) is 0 Å². The summed E-state index contributed by atoms with van der Waals surface area (Å²) in [4.78, 5) is 10.8. The number of fused-ring (bicyclic) bond motifs is 2. The molecule has 1 aliphatic heterocycles. The molecular formula is C8H11F2NO2. The zero-order valence-corrected chi connectivity index (χ0v) is 7.02. The van der Waals surface area contributed by atoms with Gasteiger partial charge in [0, 0.05) is 18.9 Å². The summed E-state index contributed by atoms with van der Waals surface area (Å²) in [5.74, 6) is -4.47. The van der Waals surface area contributed by atoms with Crippen molar-refractivity contribution in [1.82, 2.24) is 5.32 Å². The molecule has 2 bridgehead atoms. The number of carboxylic acids is 1. The predicted octanol–water partition coefficient (Wildman–Crippen LogP) is 0.848. The summed E-state index contributed by atoms with van der Waals surface area (Å²) in [5.41, 5.74) is -1.06. The van der Waals surface area contributed by atoms with Gasteiger partial charge in [-0.3, -0.25) is 4.79 Å². The molecule has 0 aromatic carbocycles. The van der Waals surface area contributed by atoms with E-state index >= 15 is 0 Å². The van der Waals surface area contributed by atoms with Crippen molar-refractivity contribution < 1.29 is 18.7 Å². The highest BCUT2D eigenvalue weighted by Crippen LogP contribution is 2.46. The highest BCUT2D eigenvalue weighted by atomic mass is 19.3. The fourth-order valence-corrected chi connectivity index (χ4v) is 2.23. The molecule has 2 atom stereocenters. The molecule has 0 radical (unpaired) electrons. The number of rotatable bonds is 1. The predicted molar refractivity (Wildman–Crippen MR) is 40.7 cm³/mol. The molecule has 5 heteroatoms. The molecule has 2 fully saturated rings. The molecule has 1 saturated heterocycles. The molecule has 2 N–H and O–H groups in total. The number of nitrogens with one attached hydrogen (secondary N) is 1. The summed E-state index contributed by atoms with van der Waals surface area (Å²) < 4.78 is 26.2. The minimum absolute atomic E-state index is 0.0336. The molecule has 1 heterocycles. The lowest BCUT2D eigenvalue weighted by molar-refractivity contribution is -0.149. The van der Waals surface area contributed by atoms with Crippen molar-refractivity contribution in [2.24, 2.45) is 5.92 Å². The van der Waals surface area contributed by atoms with Crippen LogP contribution < -0.4 is 5.32 Å². The van der Waals surface area contributed by atoms with E-state index in [-0.39, 0.29) is 25.8 Å². The Bertz CT molecular complexity index is 257. The van der Waals surface area contributed by atoms with Crippen molar-refractivity contribution in [1.29, 1.82) is 0 Å². The first-order valence-corrected chi connectivity index (χ1v) is 4.33. The second-order valence-electron chi connectivity index (χ2n) is 3.93. The van der Waals surface area contributed by atoms with Crippen LogP contribution in [-0.2, 0) is 4.79 Å². The molecule has 3 nitrogen and oxygen atoms in total. The van der Waals surface area contributed by atoms with Crippen LogP contribution in [0.5, 0.6) is 0 Å². The van der Waals surface area contributed by atoms with E-state index in [1.54, 1.807) is 0 Å². The van der Waals surface area contributed by atoms with E-state index in [4.69, 9.17) is 5.11 Å². The SMILES string of the molecule is O=C(O)C12CCC(F)(F)C(CN1)C2. The van der Waals surface area contributed by atoms with E-state index in [1.807, 2.05) is 0 Å². The Labute approximate surface area is 74.1 Å². The lowest BCUT2D eigenvalue weighted by Gasteiger charge is -2.33. The van der Waals surface area contributed by atoms with Gasteiger partial charge in [0.05, 0.1) is 0 Å². The minimum atomic E-state index is -2.68. The lowest BCUT2D eigenvalue weighted by Crippen LogP contribution is -2.49. The van der Waals surface area contributed by atoms with Crippen LogP contribution in [-0.4, -0.2) is 29.1 Å². The average molecular weight is 191 g/mol. The summed E-state index contributed by atoms with van der Waals surface area (Å²) >= 11 is 0. The van der Waals surface area contributed by atoms with Crippen LogP contribution in [0.25, 0.3) is 0 Å². The zero-order chi connectivity index (χ0) is 9.69. The number of carboxylic acid groups (broad SMARTS) is 1. The number of hydrogen-bond acceptors (Lipinski definition) is 2. The Morgan fingerprint density at radius 3 is 2.77 bits per heavy atom. The summed E-state index contributed by atoms with van der Waals surface area (Å²) in [6.07, 6.45) is -0.210. The van der Waals surface area contributed by atoms with E-state index in [0.717, 1.165) is 0 Å². The van der Waals surface area contributed by atoms with E-state index in [1.165, 1.54) is 0 Å². The largest absolute Gasteiger partial charge is 0.480 e. The molecule has 2 aliphatic rings. The maximum absolute atomic E-state index is 13.1. The number of aliphatic carboxylic acids is 1. The summed E-state index contributed by atoms with van der Waals surface area (Å²) in [6.45, 7) is 0.124. The summed E-state index contributed by atoms with van der Waals surface area (Å²) in [6, 6.07) is 0. The van der Waals surface area contributed by atoms with Gasteiger partial charge in [0.2, 0.25) is 0 Å². The molecule has 0 aromatic heterocycles. The van der Waals surface area contributed by atoms with Gasteiger partial charge in [0.25, 0.3) is 5.92 Å². The zero-order valence-electron chi connectivity index (χ0n) is 7.02. The molecule has 0 aromatic rings. The van der Waals surface area contributed by atoms with Crippen LogP contribution in [0.2, 0.25) is 0 Å². The molecule has 1 aliphatic carbocycles. The fraction of sp³-hybridized carbons (Fsp3) is 0.875. The van der Waals surface area contributed by atoms with E-state index in [9.17, 15) is 13.6 Å². The standard InChI is InChI=1S/C8H11F2NO2/c9-8(10)2-1-7(6(12)13)3-5(8)4-11-7/h5,11H,1-4H2,(H,12,13). The van der Waals surface area contributed by atoms with Gasteiger partial charge in [-0.15, -0.1) is 0 Å². The third kappa shape index (κ3) is 1.14. The first-order chi connectivity index (χ1) is 5.96. The molecule has 2 unspecified atom stereocenters. The Balaban J connectivity index is 2.22. The van der Waals surface area contributed by atoms with E-state index < -0.39 is 23.3 Å². The van der Waals surface area contributed by atoms with E-state index in [2.05, 4.69) is 5.32 Å². The van der Waals surface area contributed by atoms with Crippen molar-refractivity contribution >= 4 is 5.97 Å². The number of carbonyl (C=O) groups is 1. The molecular weight excluding hydrogens is 180 g/mol. The lowest BCUT2D eigenvalue weighted by atomic mass is 9.78. The van der Waals surface area contributed by atoms with Gasteiger partial charge in [-0.25, -0.2) is 8.78 Å². The summed E-state index contributed by atoms with van der Waals surface area (Å²) in [5, 5.41) is 11.6. The molecule has 1 saturated carbocycles. The van der Waals surface area contributed by atoms with Crippen molar-refractivity contribution in [3.05, 3.63) is 0 Å². The first-order valence-electron chi connectivity index (χ1n) is 4.33. The van der Waals surface area contributed by atoms with Gasteiger partial charge in [-0.05, 0) is 12.8 Å². The highest BCUT2D eigenvalue weighted by molar-refractivity contribution is 5.79. The third-order valence-corrected chi connectivity index (χ3v) is 3.17. The maximum atomic E-state index is 13.1. The van der Waals surface area contributed by atoms with Gasteiger partial charge in [0.15, 0.2) is 0 Å². The van der Waals surface area contributed by atoms with Crippen LogP contribution in [0.4, 0.5) is 8.78 Å². The molecule has 74 valence electrons. The minimum Gasteiger partial charge on any atom is -0.480 e. The Kier molecular flexibility index (Phi) is 1.64. The quantitative estimate of drug-likeness (QED) is 0.646. The molecule has 0 amide bonds. The maximum Gasteiger partial charge on any atom is 0.323 e.